The van der Waals surface area contributed by atoms with E-state index in [0.717, 1.165) is 33.9 Å². The number of hydrogen-bond donors (Lipinski definition) is 0. The molecular weight excluding hydrogens is 396 g/mol. The van der Waals surface area contributed by atoms with Gasteiger partial charge in [-0.3, -0.25) is 4.79 Å². The molecule has 0 unspecified atom stereocenters. The number of carbonyl (C=O) groups is 1. The highest BCUT2D eigenvalue weighted by atomic mass is 16.2. The van der Waals surface area contributed by atoms with Crippen LogP contribution in [0.1, 0.15) is 24.0 Å². The van der Waals surface area contributed by atoms with Crippen LogP contribution < -0.4 is 14.8 Å². The van der Waals surface area contributed by atoms with Crippen molar-refractivity contribution in [1.29, 1.82) is 0 Å². The second-order valence-electron chi connectivity index (χ2n) is 8.65. The highest BCUT2D eigenvalue weighted by molar-refractivity contribution is 6.15. The lowest BCUT2D eigenvalue weighted by Gasteiger charge is -2.26. The van der Waals surface area contributed by atoms with Crippen molar-refractivity contribution in [2.24, 2.45) is 11.0 Å². The number of hydrazone groups is 1. The van der Waals surface area contributed by atoms with Crippen molar-refractivity contribution >= 4 is 28.7 Å². The van der Waals surface area contributed by atoms with Gasteiger partial charge < -0.3 is 9.80 Å². The Bertz CT molecular complexity index is 1050. The molecule has 0 saturated carbocycles. The van der Waals surface area contributed by atoms with Crippen molar-refractivity contribution in [3.8, 4) is 0 Å². The van der Waals surface area contributed by atoms with E-state index in [1.165, 1.54) is 0 Å². The average molecular weight is 427 g/mol. The maximum atomic E-state index is 13.6. The molecule has 5 heteroatoms. The normalized spacial score (nSPS) is 15.8. The summed E-state index contributed by atoms with van der Waals surface area (Å²) in [5.74, 6) is -0.468. The second-order valence-corrected chi connectivity index (χ2v) is 8.65. The van der Waals surface area contributed by atoms with Gasteiger partial charge in [-0.25, -0.2) is 5.01 Å². The third kappa shape index (κ3) is 4.11. The van der Waals surface area contributed by atoms with E-state index in [0.29, 0.717) is 0 Å². The maximum absolute atomic E-state index is 13.6. The van der Waals surface area contributed by atoms with E-state index in [-0.39, 0.29) is 17.7 Å². The van der Waals surface area contributed by atoms with Crippen LogP contribution in [-0.2, 0) is 4.79 Å². The fourth-order valence-corrected chi connectivity index (χ4v) is 4.25. The largest absolute Gasteiger partial charge is 0.378 e. The zero-order valence-electron chi connectivity index (χ0n) is 19.4. The fraction of sp³-hybridized carbons (Fsp3) is 0.259. The zero-order chi connectivity index (χ0) is 22.8. The quantitative estimate of drug-likeness (QED) is 0.557. The Morgan fingerprint density at radius 2 is 1.22 bits per heavy atom. The molecule has 1 aliphatic rings. The first-order chi connectivity index (χ1) is 15.4. The van der Waals surface area contributed by atoms with Crippen molar-refractivity contribution < 1.29 is 4.79 Å². The molecule has 4 rings (SSSR count). The molecule has 164 valence electrons. The first-order valence-electron chi connectivity index (χ1n) is 10.9. The van der Waals surface area contributed by atoms with Crippen molar-refractivity contribution in [1.82, 2.24) is 0 Å². The van der Waals surface area contributed by atoms with Crippen LogP contribution in [0, 0.1) is 5.92 Å². The van der Waals surface area contributed by atoms with Gasteiger partial charge in [0.15, 0.2) is 0 Å². The maximum Gasteiger partial charge on any atom is 0.257 e. The monoisotopic (exact) mass is 426 g/mol. The summed E-state index contributed by atoms with van der Waals surface area (Å²) >= 11 is 0. The summed E-state index contributed by atoms with van der Waals surface area (Å²) in [5, 5.41) is 6.22. The molecule has 0 saturated heterocycles. The molecular formula is C27H30N4O. The van der Waals surface area contributed by atoms with Gasteiger partial charge in [-0.05, 0) is 54.4 Å². The van der Waals surface area contributed by atoms with Crippen LogP contribution in [0.15, 0.2) is 84.0 Å². The highest BCUT2D eigenvalue weighted by Crippen LogP contribution is 2.39. The molecule has 1 aliphatic heterocycles. The van der Waals surface area contributed by atoms with E-state index in [9.17, 15) is 4.79 Å². The van der Waals surface area contributed by atoms with Crippen molar-refractivity contribution in [2.45, 2.75) is 12.8 Å². The Labute approximate surface area is 190 Å². The second kappa shape index (κ2) is 8.87. The van der Waals surface area contributed by atoms with Gasteiger partial charge in [0.1, 0.15) is 0 Å². The van der Waals surface area contributed by atoms with Crippen LogP contribution in [0.5, 0.6) is 0 Å². The standard InChI is InChI=1S/C27H30N4O/c1-19-25(27(32)31(28-19)24-9-7-6-8-10-24)26(20-11-15-22(16-12-20)29(2)3)21-13-17-23(18-14-21)30(4)5/h6-18,25-26H,1-5H3/t25-/m1/s1. The molecule has 1 heterocycles. The topological polar surface area (TPSA) is 39.2 Å². The van der Waals surface area contributed by atoms with Gasteiger partial charge in [0.25, 0.3) is 5.91 Å². The summed E-state index contributed by atoms with van der Waals surface area (Å²) in [6.45, 7) is 1.96. The van der Waals surface area contributed by atoms with Crippen molar-refractivity contribution in [3.05, 3.63) is 90.0 Å². The van der Waals surface area contributed by atoms with Crippen molar-refractivity contribution in [3.63, 3.8) is 0 Å². The van der Waals surface area contributed by atoms with Crippen LogP contribution in [0.2, 0.25) is 0 Å². The Morgan fingerprint density at radius 3 is 1.66 bits per heavy atom. The van der Waals surface area contributed by atoms with Gasteiger partial charge in [0.05, 0.1) is 11.6 Å². The molecule has 1 atom stereocenters. The number of para-hydroxylation sites is 1. The lowest BCUT2D eigenvalue weighted by atomic mass is 9.78. The number of hydrogen-bond acceptors (Lipinski definition) is 4. The third-order valence-corrected chi connectivity index (χ3v) is 6.05. The lowest BCUT2D eigenvalue weighted by Crippen LogP contribution is -2.32. The minimum atomic E-state index is -0.356. The summed E-state index contributed by atoms with van der Waals surface area (Å²) < 4.78 is 0. The van der Waals surface area contributed by atoms with Gasteiger partial charge in [-0.2, -0.15) is 5.10 Å². The molecule has 0 fully saturated rings. The Hall–Kier alpha value is -3.60. The van der Waals surface area contributed by atoms with Crippen LogP contribution in [-0.4, -0.2) is 39.8 Å². The van der Waals surface area contributed by atoms with E-state index in [2.05, 4.69) is 63.4 Å². The SMILES string of the molecule is CC1=NN(c2ccccc2)C(=O)[C@H]1C(c1ccc(N(C)C)cc1)c1ccc(N(C)C)cc1. The molecule has 1 amide bonds. The summed E-state index contributed by atoms with van der Waals surface area (Å²) in [4.78, 5) is 17.8. The van der Waals surface area contributed by atoms with E-state index >= 15 is 0 Å². The number of nitrogens with zero attached hydrogens (tertiary/aromatic N) is 4. The minimum Gasteiger partial charge on any atom is -0.378 e. The number of carbonyl (C=O) groups excluding carboxylic acids is 1. The average Bonchev–Trinajstić information content (AvgIpc) is 3.09. The summed E-state index contributed by atoms with van der Waals surface area (Å²) in [7, 11) is 8.12. The fourth-order valence-electron chi connectivity index (χ4n) is 4.25. The number of rotatable bonds is 6. The smallest absolute Gasteiger partial charge is 0.257 e. The predicted molar refractivity (Wildman–Crippen MR) is 134 cm³/mol. The first kappa shape index (κ1) is 21.6. The number of amides is 1. The van der Waals surface area contributed by atoms with Crippen molar-refractivity contribution in [2.75, 3.05) is 43.0 Å². The van der Waals surface area contributed by atoms with Crippen LogP contribution >= 0.6 is 0 Å². The van der Waals surface area contributed by atoms with Gasteiger partial charge >= 0.3 is 0 Å². The molecule has 0 aromatic heterocycles. The van der Waals surface area contributed by atoms with E-state index in [4.69, 9.17) is 0 Å². The van der Waals surface area contributed by atoms with Gasteiger partial charge in [-0.15, -0.1) is 0 Å². The molecule has 0 radical (unpaired) electrons. The molecule has 0 spiro atoms. The number of benzene rings is 3. The number of anilines is 3. The molecule has 3 aromatic carbocycles. The van der Waals surface area contributed by atoms with Crippen LogP contribution in [0.3, 0.4) is 0 Å². The lowest BCUT2D eigenvalue weighted by molar-refractivity contribution is -0.120. The first-order valence-corrected chi connectivity index (χ1v) is 10.9. The summed E-state index contributed by atoms with van der Waals surface area (Å²) in [6, 6.07) is 26.6. The van der Waals surface area contributed by atoms with Crippen LogP contribution in [0.4, 0.5) is 17.1 Å². The van der Waals surface area contributed by atoms with Crippen LogP contribution in [0.25, 0.3) is 0 Å². The molecule has 0 bridgehead atoms. The minimum absolute atomic E-state index is 0.00655. The highest BCUT2D eigenvalue weighted by Gasteiger charge is 2.41. The van der Waals surface area contributed by atoms with E-state index in [1.807, 2.05) is 65.4 Å². The summed E-state index contributed by atoms with van der Waals surface area (Å²) in [6.07, 6.45) is 0. The zero-order valence-corrected chi connectivity index (χ0v) is 19.4. The van der Waals surface area contributed by atoms with E-state index < -0.39 is 0 Å². The van der Waals surface area contributed by atoms with Gasteiger partial charge in [0, 0.05) is 51.2 Å². The molecule has 0 aliphatic carbocycles. The molecule has 5 nitrogen and oxygen atoms in total. The molecule has 32 heavy (non-hydrogen) atoms. The van der Waals surface area contributed by atoms with Gasteiger partial charge in [-0.1, -0.05) is 42.5 Å². The molecule has 0 N–H and O–H groups in total. The third-order valence-electron chi connectivity index (χ3n) is 6.05. The Kier molecular flexibility index (Phi) is 5.99. The Morgan fingerprint density at radius 1 is 0.750 bits per heavy atom. The Balaban J connectivity index is 1.77. The van der Waals surface area contributed by atoms with Gasteiger partial charge in [0.2, 0.25) is 0 Å². The molecule has 3 aromatic rings. The summed E-state index contributed by atoms with van der Waals surface area (Å²) in [5.41, 5.74) is 6.10. The van der Waals surface area contributed by atoms with E-state index in [1.54, 1.807) is 5.01 Å². The predicted octanol–water partition coefficient (Wildman–Crippen LogP) is 4.99.